The summed E-state index contributed by atoms with van der Waals surface area (Å²) in [6.45, 7) is 0. The van der Waals surface area contributed by atoms with E-state index in [0.717, 1.165) is 33.4 Å². The Morgan fingerprint density at radius 3 is 1.36 bits per heavy atom. The van der Waals surface area contributed by atoms with E-state index in [1.165, 1.54) is 0 Å². The fourth-order valence-corrected chi connectivity index (χ4v) is 9.63. The van der Waals surface area contributed by atoms with Crippen molar-refractivity contribution in [3.8, 4) is 0 Å². The summed E-state index contributed by atoms with van der Waals surface area (Å²) in [6.07, 6.45) is -0.163. The zero-order chi connectivity index (χ0) is 33.0. The number of fused-ring (bicyclic) bond motifs is 2. The molecule has 0 heterocycles. The summed E-state index contributed by atoms with van der Waals surface area (Å²) < 4.78 is 0. The molecule has 6 rings (SSSR count). The number of hydrogen-bond donors (Lipinski definition) is 6. The number of carbonyl (C=O) groups is 2. The molecule has 2 amide bonds. The molecule has 2 aliphatic rings. The van der Waals surface area contributed by atoms with Crippen LogP contribution in [0.25, 0.3) is 0 Å². The maximum Gasteiger partial charge on any atom is 0.334 e. The molecular weight excluding hydrogens is 609 g/mol. The van der Waals surface area contributed by atoms with Gasteiger partial charge in [0, 0.05) is 36.8 Å². The summed E-state index contributed by atoms with van der Waals surface area (Å²) in [5.41, 5.74) is 5.41. The lowest BCUT2D eigenvalue weighted by atomic mass is 9.98. The van der Waals surface area contributed by atoms with Gasteiger partial charge in [-0.3, -0.25) is 9.59 Å². The second kappa shape index (κ2) is 14.3. The number of hydrogen-bond acceptors (Lipinski definition) is 6. The van der Waals surface area contributed by atoms with Crippen LogP contribution in [0.2, 0.25) is 12.1 Å². The molecule has 9 heteroatoms. The minimum Gasteiger partial charge on any atom is -0.411 e. The number of aliphatic hydroxyl groups is 2. The molecule has 8 nitrogen and oxygen atoms in total. The summed E-state index contributed by atoms with van der Waals surface area (Å²) in [5, 5.41) is 27.6. The van der Waals surface area contributed by atoms with Crippen molar-refractivity contribution in [1.29, 1.82) is 0 Å². The van der Waals surface area contributed by atoms with Gasteiger partial charge >= 0.3 is 8.56 Å². The van der Waals surface area contributed by atoms with Crippen LogP contribution in [0.4, 0.5) is 0 Å². The van der Waals surface area contributed by atoms with Crippen molar-refractivity contribution in [2.24, 2.45) is 11.8 Å². The maximum absolute atomic E-state index is 13.9. The van der Waals surface area contributed by atoms with Crippen molar-refractivity contribution in [2.45, 2.75) is 62.1 Å². The van der Waals surface area contributed by atoms with Gasteiger partial charge in [0.15, 0.2) is 0 Å². The summed E-state index contributed by atoms with van der Waals surface area (Å²) in [6, 6.07) is 32.5. The molecule has 0 saturated carbocycles. The molecule has 0 aliphatic heterocycles. The van der Waals surface area contributed by atoms with Crippen molar-refractivity contribution in [1.82, 2.24) is 10.6 Å². The minimum atomic E-state index is -4.20. The first-order valence-corrected chi connectivity index (χ1v) is 18.6. The van der Waals surface area contributed by atoms with Crippen LogP contribution in [0.3, 0.4) is 0 Å². The van der Waals surface area contributed by atoms with Crippen LogP contribution in [-0.2, 0) is 35.3 Å². The fraction of sp³-hybridized carbons (Fsp3) is 0.316. The Hall–Kier alpha value is -4.12. The largest absolute Gasteiger partial charge is 0.411 e. The molecule has 6 atom stereocenters. The summed E-state index contributed by atoms with van der Waals surface area (Å²) in [4.78, 5) is 51.2. The third-order valence-electron chi connectivity index (χ3n) is 9.54. The first-order chi connectivity index (χ1) is 22.7. The van der Waals surface area contributed by atoms with E-state index in [0.29, 0.717) is 12.8 Å². The van der Waals surface area contributed by atoms with E-state index >= 15 is 0 Å². The molecule has 0 radical (unpaired) electrons. The van der Waals surface area contributed by atoms with Crippen molar-refractivity contribution in [3.05, 3.63) is 143 Å². The van der Waals surface area contributed by atoms with Crippen LogP contribution >= 0.6 is 0 Å². The van der Waals surface area contributed by atoms with Gasteiger partial charge in [-0.2, -0.15) is 0 Å². The molecule has 0 bridgehead atoms. The average molecular weight is 651 g/mol. The number of rotatable bonds is 12. The molecule has 0 fully saturated rings. The Kier molecular flexibility index (Phi) is 10.0. The molecule has 47 heavy (non-hydrogen) atoms. The predicted molar refractivity (Wildman–Crippen MR) is 181 cm³/mol. The lowest BCUT2D eigenvalue weighted by molar-refractivity contribution is -0.126. The molecule has 2 aliphatic carbocycles. The zero-order valence-corrected chi connectivity index (χ0v) is 27.2. The summed E-state index contributed by atoms with van der Waals surface area (Å²) in [5.74, 6) is -2.35. The molecular formula is C38H42N2O6Si. The smallest absolute Gasteiger partial charge is 0.334 e. The predicted octanol–water partition coefficient (Wildman–Crippen LogP) is 3.68. The highest BCUT2D eigenvalue weighted by Gasteiger charge is 2.42. The third kappa shape index (κ3) is 7.89. The van der Waals surface area contributed by atoms with E-state index in [-0.39, 0.29) is 36.7 Å². The molecule has 244 valence electrons. The molecule has 6 N–H and O–H groups in total. The van der Waals surface area contributed by atoms with Gasteiger partial charge < -0.3 is 30.4 Å². The van der Waals surface area contributed by atoms with E-state index < -0.39 is 44.7 Å². The van der Waals surface area contributed by atoms with Crippen LogP contribution in [0, 0.1) is 11.8 Å². The van der Waals surface area contributed by atoms with Crippen molar-refractivity contribution >= 4 is 20.4 Å². The van der Waals surface area contributed by atoms with Crippen LogP contribution in [0.5, 0.6) is 0 Å². The van der Waals surface area contributed by atoms with Gasteiger partial charge in [-0.1, -0.05) is 109 Å². The summed E-state index contributed by atoms with van der Waals surface area (Å²) in [7, 11) is -4.20. The number of benzene rings is 4. The van der Waals surface area contributed by atoms with Gasteiger partial charge in [0.2, 0.25) is 11.8 Å². The van der Waals surface area contributed by atoms with Gasteiger partial charge in [0.25, 0.3) is 0 Å². The minimum absolute atomic E-state index is 0.189. The van der Waals surface area contributed by atoms with Crippen molar-refractivity contribution in [2.75, 3.05) is 0 Å². The van der Waals surface area contributed by atoms with E-state index in [4.69, 9.17) is 0 Å². The van der Waals surface area contributed by atoms with Crippen molar-refractivity contribution in [3.63, 3.8) is 0 Å². The monoisotopic (exact) mass is 650 g/mol. The molecule has 4 aromatic carbocycles. The molecule has 4 aromatic rings. The summed E-state index contributed by atoms with van der Waals surface area (Å²) >= 11 is 0. The highest BCUT2D eigenvalue weighted by Crippen LogP contribution is 2.34. The second-order valence-corrected chi connectivity index (χ2v) is 15.9. The molecule has 0 saturated heterocycles. The molecule has 0 aromatic heterocycles. The van der Waals surface area contributed by atoms with Gasteiger partial charge in [-0.05, 0) is 46.2 Å². The Balaban J connectivity index is 1.22. The van der Waals surface area contributed by atoms with Gasteiger partial charge in [0.05, 0.1) is 24.3 Å². The standard InChI is InChI=1S/C38H42N2O6Si/c41-33-21-27-15-7-9-17-31(27)35(33)39-37(43)29(19-25-11-3-1-4-12-25)23-47(45,46)24-30(20-26-13-5-2-6-14-26)38(44)40-36-32-18-10-8-16-28(32)22-34(36)42/h1-18,29-30,33-36,41-42,45-46H,19-24H2,(H,39,43)(H,40,44)/t29-,30-,33?,34?,35?,36?/m1/s1. The zero-order valence-electron chi connectivity index (χ0n) is 26.2. The van der Waals surface area contributed by atoms with E-state index in [1.807, 2.05) is 109 Å². The Morgan fingerprint density at radius 2 is 0.957 bits per heavy atom. The molecule has 4 unspecified atom stereocenters. The Morgan fingerprint density at radius 1 is 0.596 bits per heavy atom. The van der Waals surface area contributed by atoms with Crippen molar-refractivity contribution < 1.29 is 29.4 Å². The topological polar surface area (TPSA) is 139 Å². The highest BCUT2D eigenvalue weighted by molar-refractivity contribution is 6.65. The van der Waals surface area contributed by atoms with Gasteiger partial charge in [-0.25, -0.2) is 0 Å². The number of carbonyl (C=O) groups excluding carboxylic acids is 2. The highest BCUT2D eigenvalue weighted by atomic mass is 28.4. The first-order valence-electron chi connectivity index (χ1n) is 16.3. The quantitative estimate of drug-likeness (QED) is 0.129. The van der Waals surface area contributed by atoms with E-state index in [2.05, 4.69) is 10.6 Å². The third-order valence-corrected chi connectivity index (χ3v) is 11.8. The SMILES string of the molecule is O=C(NC1c2ccccc2CC1O)[C@H](Cc1ccccc1)C[Si](O)(O)C[C@@H](Cc1ccccc1)C(=O)NC1c2ccccc2CC1O. The normalized spacial score (nSPS) is 21.4. The van der Waals surface area contributed by atoms with Crippen LogP contribution < -0.4 is 10.6 Å². The maximum atomic E-state index is 13.9. The lowest BCUT2D eigenvalue weighted by Crippen LogP contribution is -2.47. The van der Waals surface area contributed by atoms with Gasteiger partial charge in [-0.15, -0.1) is 0 Å². The number of aliphatic hydroxyl groups excluding tert-OH is 2. The average Bonchev–Trinajstić information content (AvgIpc) is 3.55. The number of amides is 2. The number of nitrogens with one attached hydrogen (secondary N) is 2. The van der Waals surface area contributed by atoms with E-state index in [9.17, 15) is 29.4 Å². The van der Waals surface area contributed by atoms with Crippen LogP contribution in [0.15, 0.2) is 109 Å². The Bertz CT molecular complexity index is 1560. The van der Waals surface area contributed by atoms with Crippen LogP contribution in [-0.4, -0.2) is 52.4 Å². The van der Waals surface area contributed by atoms with Gasteiger partial charge in [0.1, 0.15) is 0 Å². The first kappa shape index (κ1) is 32.8. The fourth-order valence-electron chi connectivity index (χ4n) is 7.22. The molecule has 0 spiro atoms. The lowest BCUT2D eigenvalue weighted by Gasteiger charge is -2.29. The van der Waals surface area contributed by atoms with E-state index in [1.54, 1.807) is 0 Å². The second-order valence-electron chi connectivity index (χ2n) is 13.1. The van der Waals surface area contributed by atoms with Crippen LogP contribution in [0.1, 0.15) is 45.5 Å². The Labute approximate surface area is 276 Å².